The lowest BCUT2D eigenvalue weighted by molar-refractivity contribution is -0.385. The van der Waals surface area contributed by atoms with E-state index in [0.29, 0.717) is 18.7 Å². The number of hydrogen-bond donors (Lipinski definition) is 1. The maximum Gasteiger partial charge on any atom is 0.269 e. The Kier molecular flexibility index (Phi) is 5.68. The van der Waals surface area contributed by atoms with Gasteiger partial charge in [0.15, 0.2) is 0 Å². The SMILES string of the molecule is CN(C)C(=O)C1CCCN(CC(O)c2cccc([N+](=O)[O-])c2)C1. The van der Waals surface area contributed by atoms with Gasteiger partial charge in [-0.2, -0.15) is 0 Å². The van der Waals surface area contributed by atoms with Crippen molar-refractivity contribution in [3.63, 3.8) is 0 Å². The van der Waals surface area contributed by atoms with Crippen molar-refractivity contribution in [1.82, 2.24) is 9.80 Å². The van der Waals surface area contributed by atoms with Gasteiger partial charge in [0.05, 0.1) is 16.9 Å². The van der Waals surface area contributed by atoms with E-state index in [-0.39, 0.29) is 17.5 Å². The third-order valence-corrected chi connectivity index (χ3v) is 4.19. The topological polar surface area (TPSA) is 86.9 Å². The summed E-state index contributed by atoms with van der Waals surface area (Å²) in [6, 6.07) is 6.06. The highest BCUT2D eigenvalue weighted by molar-refractivity contribution is 5.78. The van der Waals surface area contributed by atoms with Gasteiger partial charge in [0, 0.05) is 39.3 Å². The van der Waals surface area contributed by atoms with Gasteiger partial charge in [-0.15, -0.1) is 0 Å². The fourth-order valence-electron chi connectivity index (χ4n) is 2.98. The minimum Gasteiger partial charge on any atom is -0.387 e. The van der Waals surface area contributed by atoms with Crippen molar-refractivity contribution in [2.75, 3.05) is 33.7 Å². The molecule has 23 heavy (non-hydrogen) atoms. The van der Waals surface area contributed by atoms with Crippen molar-refractivity contribution in [2.45, 2.75) is 18.9 Å². The molecule has 1 aromatic rings. The van der Waals surface area contributed by atoms with Crippen molar-refractivity contribution in [3.8, 4) is 0 Å². The van der Waals surface area contributed by atoms with Crippen LogP contribution in [-0.4, -0.2) is 59.5 Å². The Morgan fingerprint density at radius 1 is 1.52 bits per heavy atom. The number of nitro benzene ring substituents is 1. The van der Waals surface area contributed by atoms with Gasteiger partial charge >= 0.3 is 0 Å². The summed E-state index contributed by atoms with van der Waals surface area (Å²) in [7, 11) is 3.50. The van der Waals surface area contributed by atoms with E-state index in [1.807, 2.05) is 0 Å². The molecule has 1 N–H and O–H groups in total. The predicted molar refractivity (Wildman–Crippen MR) is 85.9 cm³/mol. The number of aliphatic hydroxyl groups excluding tert-OH is 1. The van der Waals surface area contributed by atoms with E-state index in [2.05, 4.69) is 4.90 Å². The van der Waals surface area contributed by atoms with E-state index in [1.165, 1.54) is 12.1 Å². The van der Waals surface area contributed by atoms with Gasteiger partial charge in [-0.05, 0) is 24.9 Å². The second kappa shape index (κ2) is 7.52. The lowest BCUT2D eigenvalue weighted by Gasteiger charge is -2.34. The number of nitrogens with zero attached hydrogens (tertiary/aromatic N) is 3. The molecule has 7 nitrogen and oxygen atoms in total. The first-order valence-electron chi connectivity index (χ1n) is 7.74. The van der Waals surface area contributed by atoms with E-state index in [9.17, 15) is 20.0 Å². The molecule has 0 aromatic heterocycles. The third kappa shape index (κ3) is 4.49. The van der Waals surface area contributed by atoms with Gasteiger partial charge in [-0.1, -0.05) is 12.1 Å². The van der Waals surface area contributed by atoms with Crippen LogP contribution in [0.5, 0.6) is 0 Å². The summed E-state index contributed by atoms with van der Waals surface area (Å²) in [5.74, 6) is 0.0654. The van der Waals surface area contributed by atoms with Crippen LogP contribution in [0.4, 0.5) is 5.69 Å². The molecule has 0 radical (unpaired) electrons. The van der Waals surface area contributed by atoms with Gasteiger partial charge < -0.3 is 10.0 Å². The predicted octanol–water partition coefficient (Wildman–Crippen LogP) is 1.43. The second-order valence-corrected chi connectivity index (χ2v) is 6.20. The monoisotopic (exact) mass is 321 g/mol. The first-order chi connectivity index (χ1) is 10.9. The van der Waals surface area contributed by atoms with E-state index < -0.39 is 11.0 Å². The molecule has 2 atom stereocenters. The smallest absolute Gasteiger partial charge is 0.269 e. The molecule has 1 aliphatic rings. The number of non-ortho nitro benzene ring substituents is 1. The first kappa shape index (κ1) is 17.4. The molecule has 2 rings (SSSR count). The van der Waals surface area contributed by atoms with Crippen molar-refractivity contribution < 1.29 is 14.8 Å². The lowest BCUT2D eigenvalue weighted by Crippen LogP contribution is -2.43. The Bertz CT molecular complexity index is 576. The molecule has 0 aliphatic carbocycles. The number of hydrogen-bond acceptors (Lipinski definition) is 5. The van der Waals surface area contributed by atoms with Crippen molar-refractivity contribution >= 4 is 11.6 Å². The molecule has 126 valence electrons. The Morgan fingerprint density at radius 3 is 2.91 bits per heavy atom. The van der Waals surface area contributed by atoms with Gasteiger partial charge in [0.1, 0.15) is 0 Å². The number of β-amino-alcohol motifs (C(OH)–C–C–N with tert-alkyl or cyclic N) is 1. The van der Waals surface area contributed by atoms with E-state index in [1.54, 1.807) is 31.1 Å². The van der Waals surface area contributed by atoms with Crippen molar-refractivity contribution in [2.24, 2.45) is 5.92 Å². The van der Waals surface area contributed by atoms with Crippen LogP contribution in [0.15, 0.2) is 24.3 Å². The summed E-state index contributed by atoms with van der Waals surface area (Å²) in [6.45, 7) is 1.81. The molecule has 1 amide bonds. The fourth-order valence-corrected chi connectivity index (χ4v) is 2.98. The minimum atomic E-state index is -0.803. The molecule has 2 unspecified atom stereocenters. The summed E-state index contributed by atoms with van der Waals surface area (Å²) >= 11 is 0. The Hall–Kier alpha value is -1.99. The molecular weight excluding hydrogens is 298 g/mol. The molecule has 1 fully saturated rings. The molecule has 0 spiro atoms. The minimum absolute atomic E-state index is 0.0270. The third-order valence-electron chi connectivity index (χ3n) is 4.19. The average Bonchev–Trinajstić information content (AvgIpc) is 2.54. The molecule has 1 saturated heterocycles. The number of likely N-dealkylation sites (tertiary alicyclic amines) is 1. The Labute approximate surface area is 135 Å². The molecule has 1 heterocycles. The van der Waals surface area contributed by atoms with Gasteiger partial charge in [0.2, 0.25) is 5.91 Å². The van der Waals surface area contributed by atoms with E-state index in [0.717, 1.165) is 19.4 Å². The number of carbonyl (C=O) groups is 1. The number of piperidine rings is 1. The maximum absolute atomic E-state index is 12.1. The van der Waals surface area contributed by atoms with Gasteiger partial charge in [0.25, 0.3) is 5.69 Å². The summed E-state index contributed by atoms with van der Waals surface area (Å²) in [6.07, 6.45) is 0.967. The molecule has 1 aliphatic heterocycles. The quantitative estimate of drug-likeness (QED) is 0.655. The molecule has 7 heteroatoms. The summed E-state index contributed by atoms with van der Waals surface area (Å²) < 4.78 is 0. The highest BCUT2D eigenvalue weighted by atomic mass is 16.6. The highest BCUT2D eigenvalue weighted by Crippen LogP contribution is 2.23. The first-order valence-corrected chi connectivity index (χ1v) is 7.74. The zero-order valence-electron chi connectivity index (χ0n) is 13.5. The molecule has 1 aromatic carbocycles. The number of nitro groups is 1. The van der Waals surface area contributed by atoms with Crippen LogP contribution in [-0.2, 0) is 4.79 Å². The molecule has 0 bridgehead atoms. The summed E-state index contributed by atoms with van der Waals surface area (Å²) in [4.78, 5) is 26.1. The van der Waals surface area contributed by atoms with Crippen LogP contribution < -0.4 is 0 Å². The Morgan fingerprint density at radius 2 is 2.26 bits per heavy atom. The standard InChI is InChI=1S/C16H23N3O4/c1-17(2)16(21)13-6-4-8-18(10-13)11-15(20)12-5-3-7-14(9-12)19(22)23/h3,5,7,9,13,15,20H,4,6,8,10-11H2,1-2H3. The summed E-state index contributed by atoms with van der Waals surface area (Å²) in [5.41, 5.74) is 0.501. The van der Waals surface area contributed by atoms with Crippen LogP contribution in [0.2, 0.25) is 0 Å². The number of rotatable bonds is 5. The van der Waals surface area contributed by atoms with Gasteiger partial charge in [-0.3, -0.25) is 19.8 Å². The van der Waals surface area contributed by atoms with Crippen LogP contribution in [0.3, 0.4) is 0 Å². The Balaban J connectivity index is 1.99. The van der Waals surface area contributed by atoms with Crippen molar-refractivity contribution in [3.05, 3.63) is 39.9 Å². The zero-order valence-corrected chi connectivity index (χ0v) is 13.5. The fraction of sp³-hybridized carbons (Fsp3) is 0.562. The van der Waals surface area contributed by atoms with Crippen molar-refractivity contribution in [1.29, 1.82) is 0 Å². The average molecular weight is 321 g/mol. The highest BCUT2D eigenvalue weighted by Gasteiger charge is 2.28. The number of benzene rings is 1. The lowest BCUT2D eigenvalue weighted by atomic mass is 9.96. The van der Waals surface area contributed by atoms with Gasteiger partial charge in [-0.25, -0.2) is 0 Å². The van der Waals surface area contributed by atoms with Crippen LogP contribution in [0.1, 0.15) is 24.5 Å². The number of aliphatic hydroxyl groups is 1. The summed E-state index contributed by atoms with van der Waals surface area (Å²) in [5, 5.41) is 21.2. The molecular formula is C16H23N3O4. The normalized spacial score (nSPS) is 20.0. The maximum atomic E-state index is 12.1. The van der Waals surface area contributed by atoms with E-state index >= 15 is 0 Å². The van der Waals surface area contributed by atoms with Crippen LogP contribution >= 0.6 is 0 Å². The zero-order chi connectivity index (χ0) is 17.0. The molecule has 0 saturated carbocycles. The second-order valence-electron chi connectivity index (χ2n) is 6.20. The number of carbonyl (C=O) groups excluding carboxylic acids is 1. The van der Waals surface area contributed by atoms with E-state index in [4.69, 9.17) is 0 Å². The van der Waals surface area contributed by atoms with Crippen LogP contribution in [0, 0.1) is 16.0 Å². The number of amides is 1. The largest absolute Gasteiger partial charge is 0.387 e. The van der Waals surface area contributed by atoms with Crippen LogP contribution in [0.25, 0.3) is 0 Å².